The van der Waals surface area contributed by atoms with Gasteiger partial charge in [0, 0.05) is 43.4 Å². The second-order valence-corrected chi connectivity index (χ2v) is 7.80. The summed E-state index contributed by atoms with van der Waals surface area (Å²) in [5, 5.41) is 3.28. The first-order chi connectivity index (χ1) is 13.9. The molecule has 1 aliphatic rings. The van der Waals surface area contributed by atoms with E-state index in [9.17, 15) is 4.79 Å². The van der Waals surface area contributed by atoms with Crippen molar-refractivity contribution in [1.29, 1.82) is 0 Å². The third-order valence-electron chi connectivity index (χ3n) is 4.88. The number of aromatic nitrogens is 3. The largest absolute Gasteiger partial charge is 0.339 e. The van der Waals surface area contributed by atoms with Crippen molar-refractivity contribution in [2.45, 2.75) is 32.6 Å². The molecule has 0 saturated carbocycles. The van der Waals surface area contributed by atoms with Crippen molar-refractivity contribution in [3.63, 3.8) is 0 Å². The summed E-state index contributed by atoms with van der Waals surface area (Å²) in [5.74, 6) is 2.50. The molecule has 3 heterocycles. The minimum absolute atomic E-state index is 0.0737. The molecule has 2 aromatic heterocycles. The van der Waals surface area contributed by atoms with Crippen LogP contribution in [-0.4, -0.2) is 64.4 Å². The number of nitrogens with zero attached hydrogens (tertiary/aromatic N) is 5. The normalized spacial score (nSPS) is 17.1. The Labute approximate surface area is 172 Å². The molecule has 1 aliphatic heterocycles. The summed E-state index contributed by atoms with van der Waals surface area (Å²) in [4.78, 5) is 30.1. The van der Waals surface area contributed by atoms with Crippen LogP contribution in [-0.2, 0) is 4.79 Å². The Bertz CT molecular complexity index is 879. The van der Waals surface area contributed by atoms with Crippen LogP contribution in [0.25, 0.3) is 0 Å². The molecule has 0 aliphatic carbocycles. The van der Waals surface area contributed by atoms with Gasteiger partial charge in [-0.3, -0.25) is 4.79 Å². The second kappa shape index (κ2) is 9.60. The van der Waals surface area contributed by atoms with Crippen LogP contribution < -0.4 is 5.32 Å². The maximum atomic E-state index is 12.5. The first kappa shape index (κ1) is 20.9. The molecule has 1 N–H and O–H groups in total. The third kappa shape index (κ3) is 6.09. The molecule has 0 bridgehead atoms. The first-order valence-electron chi connectivity index (χ1n) is 10.1. The quantitative estimate of drug-likeness (QED) is 0.759. The van der Waals surface area contributed by atoms with Gasteiger partial charge in [-0.25, -0.2) is 15.0 Å². The van der Waals surface area contributed by atoms with Crippen LogP contribution in [0, 0.1) is 13.8 Å². The Hall–Kier alpha value is -2.80. The van der Waals surface area contributed by atoms with Crippen LogP contribution in [0.1, 0.15) is 36.0 Å². The highest BCUT2D eigenvalue weighted by Gasteiger charge is 2.25. The summed E-state index contributed by atoms with van der Waals surface area (Å²) < 4.78 is 0. The van der Waals surface area contributed by atoms with Crippen LogP contribution >= 0.6 is 0 Å². The molecule has 1 atom stereocenters. The van der Waals surface area contributed by atoms with Crippen LogP contribution in [0.3, 0.4) is 0 Å². The molecule has 2 aromatic rings. The fraction of sp³-hybridized carbons (Fsp3) is 0.455. The summed E-state index contributed by atoms with van der Waals surface area (Å²) in [6.07, 6.45) is 5.59. The van der Waals surface area contributed by atoms with Gasteiger partial charge in [-0.1, -0.05) is 12.1 Å². The number of amides is 1. The van der Waals surface area contributed by atoms with Gasteiger partial charge >= 0.3 is 0 Å². The van der Waals surface area contributed by atoms with Crippen molar-refractivity contribution < 1.29 is 4.79 Å². The van der Waals surface area contributed by atoms with Crippen molar-refractivity contribution in [3.05, 3.63) is 53.6 Å². The van der Waals surface area contributed by atoms with Gasteiger partial charge in [0.05, 0.1) is 5.69 Å². The fourth-order valence-corrected chi connectivity index (χ4v) is 3.50. The maximum absolute atomic E-state index is 12.5. The van der Waals surface area contributed by atoms with Gasteiger partial charge in [-0.2, -0.15) is 0 Å². The summed E-state index contributed by atoms with van der Waals surface area (Å²) in [6.45, 7) is 6.10. The minimum atomic E-state index is 0.0737. The molecular weight excluding hydrogens is 364 g/mol. The summed E-state index contributed by atoms with van der Waals surface area (Å²) in [7, 11) is 3.97. The number of likely N-dealkylation sites (N-methyl/N-ethyl adjacent to an activating group) is 1. The van der Waals surface area contributed by atoms with E-state index in [0.29, 0.717) is 12.4 Å². The SMILES string of the molecule is Cc1cccc(Nc2cc([C@@H]3CCCN(C(=O)/C=C/CN(C)C)C3)nc(C)n2)n1. The average Bonchev–Trinajstić information content (AvgIpc) is 2.67. The topological polar surface area (TPSA) is 74.2 Å². The minimum Gasteiger partial charge on any atom is -0.339 e. The number of anilines is 2. The molecule has 1 fully saturated rings. The Morgan fingerprint density at radius 3 is 2.83 bits per heavy atom. The predicted octanol–water partition coefficient (Wildman–Crippen LogP) is 3.06. The Balaban J connectivity index is 1.71. The molecule has 1 amide bonds. The zero-order valence-electron chi connectivity index (χ0n) is 17.7. The van der Waals surface area contributed by atoms with Gasteiger partial charge in [0.2, 0.25) is 5.91 Å². The van der Waals surface area contributed by atoms with E-state index in [1.54, 1.807) is 6.08 Å². The number of carbonyl (C=O) groups excluding carboxylic acids is 1. The Kier molecular flexibility index (Phi) is 6.93. The number of carbonyl (C=O) groups is 1. The molecule has 0 spiro atoms. The number of rotatable bonds is 6. The number of hydrogen-bond acceptors (Lipinski definition) is 6. The van der Waals surface area contributed by atoms with Crippen molar-refractivity contribution >= 4 is 17.5 Å². The molecule has 7 heteroatoms. The first-order valence-corrected chi connectivity index (χ1v) is 10.1. The van der Waals surface area contributed by atoms with E-state index in [1.165, 1.54) is 0 Å². The lowest BCUT2D eigenvalue weighted by Gasteiger charge is -2.32. The van der Waals surface area contributed by atoms with E-state index in [1.807, 2.05) is 68.1 Å². The van der Waals surface area contributed by atoms with Crippen LogP contribution in [0.2, 0.25) is 0 Å². The maximum Gasteiger partial charge on any atom is 0.246 e. The van der Waals surface area contributed by atoms with E-state index in [0.717, 1.165) is 49.0 Å². The van der Waals surface area contributed by atoms with E-state index < -0.39 is 0 Å². The highest BCUT2D eigenvalue weighted by atomic mass is 16.2. The van der Waals surface area contributed by atoms with Crippen molar-refractivity contribution in [3.8, 4) is 0 Å². The van der Waals surface area contributed by atoms with Crippen LogP contribution in [0.4, 0.5) is 11.6 Å². The predicted molar refractivity (Wildman–Crippen MR) is 115 cm³/mol. The molecule has 0 aromatic carbocycles. The van der Waals surface area contributed by atoms with Crippen LogP contribution in [0.15, 0.2) is 36.4 Å². The zero-order chi connectivity index (χ0) is 20.8. The Morgan fingerprint density at radius 2 is 2.07 bits per heavy atom. The fourth-order valence-electron chi connectivity index (χ4n) is 3.50. The average molecular weight is 395 g/mol. The highest BCUT2D eigenvalue weighted by Crippen LogP contribution is 2.27. The summed E-state index contributed by atoms with van der Waals surface area (Å²) in [5.41, 5.74) is 1.92. The standard InChI is InChI=1S/C22H30N6O/c1-16-8-5-10-20(23-16)26-21-14-19(24-17(2)25-21)18-9-6-13-28(15-18)22(29)11-7-12-27(3)4/h5,7-8,10-11,14,18H,6,9,12-13,15H2,1-4H3,(H,23,24,25,26)/b11-7+/t18-/m1/s1. The highest BCUT2D eigenvalue weighted by molar-refractivity contribution is 5.87. The Morgan fingerprint density at radius 1 is 1.24 bits per heavy atom. The number of aryl methyl sites for hydroxylation is 2. The lowest BCUT2D eigenvalue weighted by atomic mass is 9.94. The monoisotopic (exact) mass is 394 g/mol. The number of piperidine rings is 1. The van der Waals surface area contributed by atoms with Gasteiger partial charge in [-0.05, 0) is 52.9 Å². The van der Waals surface area contributed by atoms with Gasteiger partial charge < -0.3 is 15.1 Å². The van der Waals surface area contributed by atoms with Gasteiger partial charge in [-0.15, -0.1) is 0 Å². The lowest BCUT2D eigenvalue weighted by Crippen LogP contribution is -2.38. The molecule has 29 heavy (non-hydrogen) atoms. The number of nitrogens with one attached hydrogen (secondary N) is 1. The van der Waals surface area contributed by atoms with E-state index in [2.05, 4.69) is 20.3 Å². The molecule has 1 saturated heterocycles. The molecule has 154 valence electrons. The van der Waals surface area contributed by atoms with Crippen molar-refractivity contribution in [1.82, 2.24) is 24.8 Å². The van der Waals surface area contributed by atoms with Crippen LogP contribution in [0.5, 0.6) is 0 Å². The van der Waals surface area contributed by atoms with Gasteiger partial charge in [0.25, 0.3) is 0 Å². The van der Waals surface area contributed by atoms with Crippen molar-refractivity contribution in [2.75, 3.05) is 39.0 Å². The molecule has 7 nitrogen and oxygen atoms in total. The molecule has 3 rings (SSSR count). The summed E-state index contributed by atoms with van der Waals surface area (Å²) in [6, 6.07) is 7.83. The van der Waals surface area contributed by atoms with Gasteiger partial charge in [0.15, 0.2) is 0 Å². The molecular formula is C22H30N6O. The molecule has 0 radical (unpaired) electrons. The lowest BCUT2D eigenvalue weighted by molar-refractivity contribution is -0.127. The van der Waals surface area contributed by atoms with E-state index >= 15 is 0 Å². The smallest absolute Gasteiger partial charge is 0.246 e. The number of likely N-dealkylation sites (tertiary alicyclic amines) is 1. The zero-order valence-corrected chi connectivity index (χ0v) is 17.7. The van der Waals surface area contributed by atoms with Crippen molar-refractivity contribution in [2.24, 2.45) is 0 Å². The van der Waals surface area contributed by atoms with E-state index in [4.69, 9.17) is 0 Å². The van der Waals surface area contributed by atoms with Gasteiger partial charge in [0.1, 0.15) is 17.5 Å². The van der Waals surface area contributed by atoms with E-state index in [-0.39, 0.29) is 11.8 Å². The molecule has 0 unspecified atom stereocenters. The third-order valence-corrected chi connectivity index (χ3v) is 4.88. The second-order valence-electron chi connectivity index (χ2n) is 7.80. The number of pyridine rings is 1. The summed E-state index contributed by atoms with van der Waals surface area (Å²) >= 11 is 0. The number of hydrogen-bond donors (Lipinski definition) is 1.